The van der Waals surface area contributed by atoms with E-state index in [0.29, 0.717) is 31.3 Å². The number of nitrogens with zero attached hydrogens (tertiary/aromatic N) is 1. The van der Waals surface area contributed by atoms with Crippen molar-refractivity contribution in [3.63, 3.8) is 0 Å². The summed E-state index contributed by atoms with van der Waals surface area (Å²) in [5, 5.41) is 3.33. The van der Waals surface area contributed by atoms with Crippen LogP contribution in [0, 0.1) is 5.92 Å². The van der Waals surface area contributed by atoms with Gasteiger partial charge in [-0.3, -0.25) is 0 Å². The lowest BCUT2D eigenvalue weighted by Crippen LogP contribution is -2.34. The van der Waals surface area contributed by atoms with Crippen LogP contribution in [0.3, 0.4) is 0 Å². The first-order chi connectivity index (χ1) is 9.18. The maximum atomic E-state index is 12.4. The summed E-state index contributed by atoms with van der Waals surface area (Å²) < 4.78 is 31.8. The number of hydrogen-bond acceptors (Lipinski definition) is 4. The predicted molar refractivity (Wildman–Crippen MR) is 77.8 cm³/mol. The number of furan rings is 1. The molecule has 1 aliphatic heterocycles. The SMILES string of the molecule is CC1CCN(S(=O)(=O)c2ccc(CNC(C)(C)C)o2)C1. The van der Waals surface area contributed by atoms with E-state index in [-0.39, 0.29) is 10.6 Å². The Kier molecular flexibility index (Phi) is 4.27. The summed E-state index contributed by atoms with van der Waals surface area (Å²) in [6.45, 7) is 9.92. The molecule has 20 heavy (non-hydrogen) atoms. The van der Waals surface area contributed by atoms with Gasteiger partial charge in [0.25, 0.3) is 10.0 Å². The largest absolute Gasteiger partial charge is 0.447 e. The van der Waals surface area contributed by atoms with E-state index in [1.807, 2.05) is 0 Å². The molecule has 1 aliphatic rings. The molecular weight excluding hydrogens is 276 g/mol. The summed E-state index contributed by atoms with van der Waals surface area (Å²) in [6, 6.07) is 3.28. The van der Waals surface area contributed by atoms with Crippen molar-refractivity contribution in [2.75, 3.05) is 13.1 Å². The highest BCUT2D eigenvalue weighted by molar-refractivity contribution is 7.89. The Balaban J connectivity index is 2.08. The molecule has 1 N–H and O–H groups in total. The van der Waals surface area contributed by atoms with Crippen molar-refractivity contribution in [3.05, 3.63) is 17.9 Å². The van der Waals surface area contributed by atoms with Gasteiger partial charge in [0.1, 0.15) is 5.76 Å². The molecule has 5 nitrogen and oxygen atoms in total. The monoisotopic (exact) mass is 300 g/mol. The molecule has 2 rings (SSSR count). The van der Waals surface area contributed by atoms with Crippen molar-refractivity contribution >= 4 is 10.0 Å². The van der Waals surface area contributed by atoms with Gasteiger partial charge in [-0.1, -0.05) is 6.92 Å². The third kappa shape index (κ3) is 3.62. The summed E-state index contributed by atoms with van der Waals surface area (Å²) in [5.41, 5.74) is -0.0315. The van der Waals surface area contributed by atoms with E-state index in [9.17, 15) is 8.42 Å². The third-order valence-electron chi connectivity index (χ3n) is 3.41. The highest BCUT2D eigenvalue weighted by atomic mass is 32.2. The Bertz CT molecular complexity index is 557. The lowest BCUT2D eigenvalue weighted by Gasteiger charge is -2.19. The molecule has 1 aromatic heterocycles. The average Bonchev–Trinajstić information content (AvgIpc) is 2.94. The molecule has 2 heterocycles. The molecule has 0 bridgehead atoms. The van der Waals surface area contributed by atoms with Crippen LogP contribution >= 0.6 is 0 Å². The summed E-state index contributed by atoms with van der Waals surface area (Å²) in [7, 11) is -3.47. The number of sulfonamides is 1. The first kappa shape index (κ1) is 15.5. The van der Waals surface area contributed by atoms with E-state index in [1.165, 1.54) is 4.31 Å². The van der Waals surface area contributed by atoms with Gasteiger partial charge < -0.3 is 9.73 Å². The van der Waals surface area contributed by atoms with E-state index in [0.717, 1.165) is 6.42 Å². The van der Waals surface area contributed by atoms with Gasteiger partial charge in [0.2, 0.25) is 5.09 Å². The Labute approximate surface area is 121 Å². The molecule has 1 fully saturated rings. The molecule has 0 aromatic carbocycles. The molecule has 114 valence electrons. The molecule has 1 unspecified atom stereocenters. The molecule has 1 aromatic rings. The van der Waals surface area contributed by atoms with Crippen LogP contribution in [0.25, 0.3) is 0 Å². The van der Waals surface area contributed by atoms with Gasteiger partial charge in [-0.2, -0.15) is 4.31 Å². The van der Waals surface area contributed by atoms with Crippen LogP contribution in [-0.2, 0) is 16.6 Å². The van der Waals surface area contributed by atoms with Crippen LogP contribution < -0.4 is 5.32 Å². The summed E-state index contributed by atoms with van der Waals surface area (Å²) in [5.74, 6) is 1.06. The van der Waals surface area contributed by atoms with Crippen molar-refractivity contribution in [3.8, 4) is 0 Å². The molecule has 0 saturated carbocycles. The van der Waals surface area contributed by atoms with Crippen LogP contribution in [0.5, 0.6) is 0 Å². The molecule has 0 aliphatic carbocycles. The van der Waals surface area contributed by atoms with Crippen LogP contribution in [0.4, 0.5) is 0 Å². The first-order valence-electron chi connectivity index (χ1n) is 7.02. The minimum Gasteiger partial charge on any atom is -0.447 e. The molecule has 1 atom stereocenters. The standard InChI is InChI=1S/C14H24N2O3S/c1-11-7-8-16(10-11)20(17,18)13-6-5-12(19-13)9-15-14(2,3)4/h5-6,11,15H,7-10H2,1-4H3. The maximum absolute atomic E-state index is 12.4. The van der Waals surface area contributed by atoms with Gasteiger partial charge >= 0.3 is 0 Å². The van der Waals surface area contributed by atoms with Gasteiger partial charge in [-0.05, 0) is 45.2 Å². The van der Waals surface area contributed by atoms with Crippen molar-refractivity contribution in [2.24, 2.45) is 5.92 Å². The van der Waals surface area contributed by atoms with Crippen molar-refractivity contribution in [2.45, 2.75) is 51.3 Å². The number of nitrogens with one attached hydrogen (secondary N) is 1. The highest BCUT2D eigenvalue weighted by Gasteiger charge is 2.32. The van der Waals surface area contributed by atoms with Crippen LogP contribution in [0.2, 0.25) is 0 Å². The number of hydrogen-bond donors (Lipinski definition) is 1. The van der Waals surface area contributed by atoms with Crippen LogP contribution in [0.1, 0.15) is 39.9 Å². The minimum absolute atomic E-state index is 0.0315. The fourth-order valence-corrected chi connectivity index (χ4v) is 3.69. The smallest absolute Gasteiger partial charge is 0.276 e. The van der Waals surface area contributed by atoms with Gasteiger partial charge in [0.05, 0.1) is 6.54 Å². The highest BCUT2D eigenvalue weighted by Crippen LogP contribution is 2.25. The third-order valence-corrected chi connectivity index (χ3v) is 5.15. The number of rotatable bonds is 4. The van der Waals surface area contributed by atoms with E-state index in [2.05, 4.69) is 33.0 Å². The minimum atomic E-state index is -3.47. The van der Waals surface area contributed by atoms with E-state index >= 15 is 0 Å². The molecule has 0 spiro atoms. The van der Waals surface area contributed by atoms with Gasteiger partial charge in [0, 0.05) is 18.6 Å². The second-order valence-electron chi connectivity index (χ2n) is 6.58. The Morgan fingerprint density at radius 2 is 2.10 bits per heavy atom. The van der Waals surface area contributed by atoms with Crippen molar-refractivity contribution < 1.29 is 12.8 Å². The quantitative estimate of drug-likeness (QED) is 0.926. The molecule has 0 amide bonds. The second-order valence-corrected chi connectivity index (χ2v) is 8.45. The van der Waals surface area contributed by atoms with Crippen molar-refractivity contribution in [1.82, 2.24) is 9.62 Å². The normalized spacial score (nSPS) is 21.5. The van der Waals surface area contributed by atoms with Crippen molar-refractivity contribution in [1.29, 1.82) is 0 Å². The molecule has 0 radical (unpaired) electrons. The zero-order valence-electron chi connectivity index (χ0n) is 12.6. The van der Waals surface area contributed by atoms with E-state index in [1.54, 1.807) is 12.1 Å². The zero-order valence-corrected chi connectivity index (χ0v) is 13.5. The summed E-state index contributed by atoms with van der Waals surface area (Å²) in [4.78, 5) is 0. The lowest BCUT2D eigenvalue weighted by molar-refractivity contribution is 0.351. The topological polar surface area (TPSA) is 62.6 Å². The van der Waals surface area contributed by atoms with Gasteiger partial charge in [-0.25, -0.2) is 8.42 Å². The fourth-order valence-electron chi connectivity index (χ4n) is 2.18. The van der Waals surface area contributed by atoms with E-state index < -0.39 is 10.0 Å². The van der Waals surface area contributed by atoms with Gasteiger partial charge in [0.15, 0.2) is 0 Å². The first-order valence-corrected chi connectivity index (χ1v) is 8.46. The molecule has 1 saturated heterocycles. The van der Waals surface area contributed by atoms with Crippen LogP contribution in [0.15, 0.2) is 21.6 Å². The van der Waals surface area contributed by atoms with Crippen LogP contribution in [-0.4, -0.2) is 31.4 Å². The average molecular weight is 300 g/mol. The fraction of sp³-hybridized carbons (Fsp3) is 0.714. The Hall–Kier alpha value is -0.850. The van der Waals surface area contributed by atoms with E-state index in [4.69, 9.17) is 4.42 Å². The molecular formula is C14H24N2O3S. The maximum Gasteiger partial charge on any atom is 0.276 e. The Morgan fingerprint density at radius 1 is 1.40 bits per heavy atom. The molecule has 6 heteroatoms. The lowest BCUT2D eigenvalue weighted by atomic mass is 10.1. The van der Waals surface area contributed by atoms with Gasteiger partial charge in [-0.15, -0.1) is 0 Å². The zero-order chi connectivity index (χ0) is 15.0. The summed E-state index contributed by atoms with van der Waals surface area (Å²) in [6.07, 6.45) is 0.915. The second kappa shape index (κ2) is 5.50. The predicted octanol–water partition coefficient (Wildman–Crippen LogP) is 2.20. The summed E-state index contributed by atoms with van der Waals surface area (Å²) >= 11 is 0. The Morgan fingerprint density at radius 3 is 2.65 bits per heavy atom.